The highest BCUT2D eigenvalue weighted by molar-refractivity contribution is 4.96. The van der Waals surface area contributed by atoms with Crippen molar-refractivity contribution in [1.29, 1.82) is 0 Å². The van der Waals surface area contributed by atoms with Gasteiger partial charge in [-0.1, -0.05) is 12.1 Å². The van der Waals surface area contributed by atoms with Crippen LogP contribution in [0.1, 0.15) is 31.6 Å². The molecule has 2 unspecified atom stereocenters. The Morgan fingerprint density at radius 1 is 1.57 bits per heavy atom. The van der Waals surface area contributed by atoms with E-state index < -0.39 is 0 Å². The number of aromatic nitrogens is 2. The summed E-state index contributed by atoms with van der Waals surface area (Å²) in [5.41, 5.74) is 0. The fraction of sp³-hybridized carbons (Fsp3) is 0.778. The summed E-state index contributed by atoms with van der Waals surface area (Å²) in [6, 6.07) is 0.0385. The van der Waals surface area contributed by atoms with Crippen molar-refractivity contribution in [2.75, 3.05) is 13.2 Å². The fourth-order valence-corrected chi connectivity index (χ4v) is 1.55. The first-order valence-corrected chi connectivity index (χ1v) is 4.98. The van der Waals surface area contributed by atoms with E-state index in [0.717, 1.165) is 25.4 Å². The monoisotopic (exact) mass is 197 g/mol. The average Bonchev–Trinajstić information content (AvgIpc) is 2.67. The summed E-state index contributed by atoms with van der Waals surface area (Å²) in [6.45, 7) is 5.58. The standard InChI is InChI=1S/C9H15N3O2/c1-3-7-11-9(14-12-7)8-6(2)13-5-4-10-8/h6,8,10H,3-5H2,1-2H3. The Labute approximate surface area is 82.8 Å². The third-order valence-electron chi connectivity index (χ3n) is 2.38. The summed E-state index contributed by atoms with van der Waals surface area (Å²) in [5, 5.41) is 7.16. The Bertz CT molecular complexity index is 300. The number of nitrogens with zero attached hydrogens (tertiary/aromatic N) is 2. The number of rotatable bonds is 2. The zero-order valence-corrected chi connectivity index (χ0v) is 8.49. The lowest BCUT2D eigenvalue weighted by molar-refractivity contribution is -0.00136. The van der Waals surface area contributed by atoms with Gasteiger partial charge in [0.25, 0.3) is 0 Å². The zero-order chi connectivity index (χ0) is 9.97. The molecular formula is C9H15N3O2. The predicted octanol–water partition coefficient (Wildman–Crippen LogP) is 0.681. The van der Waals surface area contributed by atoms with Crippen molar-refractivity contribution >= 4 is 0 Å². The van der Waals surface area contributed by atoms with Crippen molar-refractivity contribution in [3.63, 3.8) is 0 Å². The molecule has 0 spiro atoms. The quantitative estimate of drug-likeness (QED) is 0.755. The van der Waals surface area contributed by atoms with Crippen molar-refractivity contribution in [3.05, 3.63) is 11.7 Å². The summed E-state index contributed by atoms with van der Waals surface area (Å²) < 4.78 is 10.7. The van der Waals surface area contributed by atoms with E-state index >= 15 is 0 Å². The molecule has 0 amide bonds. The Hall–Kier alpha value is -0.940. The van der Waals surface area contributed by atoms with Crippen molar-refractivity contribution in [2.24, 2.45) is 0 Å². The lowest BCUT2D eigenvalue weighted by Crippen LogP contribution is -2.40. The Kier molecular flexibility index (Phi) is 2.79. The molecule has 1 N–H and O–H groups in total. The average molecular weight is 197 g/mol. The van der Waals surface area contributed by atoms with Crippen molar-refractivity contribution in [1.82, 2.24) is 15.5 Å². The molecule has 2 rings (SSSR count). The molecule has 1 fully saturated rings. The van der Waals surface area contributed by atoms with Gasteiger partial charge < -0.3 is 14.6 Å². The van der Waals surface area contributed by atoms with Crippen molar-refractivity contribution in [2.45, 2.75) is 32.4 Å². The van der Waals surface area contributed by atoms with Crippen LogP contribution in [-0.2, 0) is 11.2 Å². The second-order valence-electron chi connectivity index (χ2n) is 3.41. The molecule has 0 radical (unpaired) electrons. The third-order valence-corrected chi connectivity index (χ3v) is 2.38. The summed E-state index contributed by atoms with van der Waals surface area (Å²) in [6.07, 6.45) is 0.889. The maximum Gasteiger partial charge on any atom is 0.246 e. The minimum atomic E-state index is 0.0385. The van der Waals surface area contributed by atoms with E-state index in [1.807, 2.05) is 13.8 Å². The van der Waals surface area contributed by atoms with Crippen LogP contribution >= 0.6 is 0 Å². The van der Waals surface area contributed by atoms with Gasteiger partial charge in [-0.15, -0.1) is 0 Å². The second-order valence-corrected chi connectivity index (χ2v) is 3.41. The van der Waals surface area contributed by atoms with Gasteiger partial charge in [-0.3, -0.25) is 0 Å². The zero-order valence-electron chi connectivity index (χ0n) is 8.49. The van der Waals surface area contributed by atoms with E-state index in [2.05, 4.69) is 15.5 Å². The molecule has 2 atom stereocenters. The van der Waals surface area contributed by atoms with Crippen LogP contribution in [0.5, 0.6) is 0 Å². The number of ether oxygens (including phenoxy) is 1. The van der Waals surface area contributed by atoms with Gasteiger partial charge >= 0.3 is 0 Å². The highest BCUT2D eigenvalue weighted by Crippen LogP contribution is 2.19. The molecule has 1 aliphatic rings. The predicted molar refractivity (Wildman–Crippen MR) is 49.8 cm³/mol. The highest BCUT2D eigenvalue weighted by atomic mass is 16.5. The lowest BCUT2D eigenvalue weighted by Gasteiger charge is -2.27. The number of hydrogen-bond acceptors (Lipinski definition) is 5. The molecule has 5 nitrogen and oxygen atoms in total. The molecule has 5 heteroatoms. The molecule has 14 heavy (non-hydrogen) atoms. The van der Waals surface area contributed by atoms with Crippen molar-refractivity contribution in [3.8, 4) is 0 Å². The molecule has 0 aliphatic carbocycles. The van der Waals surface area contributed by atoms with E-state index in [1.165, 1.54) is 0 Å². The molecule has 1 aromatic heterocycles. The van der Waals surface area contributed by atoms with Crippen LogP contribution in [0.15, 0.2) is 4.52 Å². The van der Waals surface area contributed by atoms with Gasteiger partial charge in [-0.2, -0.15) is 4.98 Å². The van der Waals surface area contributed by atoms with Gasteiger partial charge in [0.05, 0.1) is 12.7 Å². The number of nitrogens with one attached hydrogen (secondary N) is 1. The molecule has 0 aromatic carbocycles. The van der Waals surface area contributed by atoms with Gasteiger partial charge in [0.1, 0.15) is 6.04 Å². The molecule has 78 valence electrons. The summed E-state index contributed by atoms with van der Waals surface area (Å²) in [7, 11) is 0. The van der Waals surface area contributed by atoms with Crippen LogP contribution in [0.2, 0.25) is 0 Å². The molecular weight excluding hydrogens is 182 g/mol. The minimum Gasteiger partial charge on any atom is -0.375 e. The van der Waals surface area contributed by atoms with Crippen LogP contribution in [0.3, 0.4) is 0 Å². The van der Waals surface area contributed by atoms with E-state index in [0.29, 0.717) is 5.89 Å². The first-order chi connectivity index (χ1) is 6.81. The maximum absolute atomic E-state index is 5.50. The normalized spacial score (nSPS) is 27.9. The van der Waals surface area contributed by atoms with Gasteiger partial charge in [0.2, 0.25) is 5.89 Å². The summed E-state index contributed by atoms with van der Waals surface area (Å²) in [5.74, 6) is 1.38. The fourth-order valence-electron chi connectivity index (χ4n) is 1.55. The third kappa shape index (κ3) is 1.78. The molecule has 1 aromatic rings. The summed E-state index contributed by atoms with van der Waals surface area (Å²) >= 11 is 0. The lowest BCUT2D eigenvalue weighted by atomic mass is 10.1. The van der Waals surface area contributed by atoms with Crippen LogP contribution < -0.4 is 5.32 Å². The van der Waals surface area contributed by atoms with Gasteiger partial charge in [0.15, 0.2) is 5.82 Å². The van der Waals surface area contributed by atoms with Crippen LogP contribution in [0, 0.1) is 0 Å². The van der Waals surface area contributed by atoms with Crippen molar-refractivity contribution < 1.29 is 9.26 Å². The molecule has 2 heterocycles. The molecule has 0 saturated carbocycles. The first-order valence-electron chi connectivity index (χ1n) is 4.98. The number of aryl methyl sites for hydroxylation is 1. The van der Waals surface area contributed by atoms with Crippen LogP contribution in [0.4, 0.5) is 0 Å². The molecule has 1 aliphatic heterocycles. The Balaban J connectivity index is 2.12. The largest absolute Gasteiger partial charge is 0.375 e. The van der Waals surface area contributed by atoms with E-state index in [9.17, 15) is 0 Å². The maximum atomic E-state index is 5.50. The van der Waals surface area contributed by atoms with Crippen LogP contribution in [0.25, 0.3) is 0 Å². The van der Waals surface area contributed by atoms with Gasteiger partial charge in [-0.25, -0.2) is 0 Å². The number of hydrogen-bond donors (Lipinski definition) is 1. The summed E-state index contributed by atoms with van der Waals surface area (Å²) in [4.78, 5) is 4.28. The van der Waals surface area contributed by atoms with Gasteiger partial charge in [0, 0.05) is 13.0 Å². The highest BCUT2D eigenvalue weighted by Gasteiger charge is 2.27. The van der Waals surface area contributed by atoms with E-state index in [-0.39, 0.29) is 12.1 Å². The van der Waals surface area contributed by atoms with Gasteiger partial charge in [-0.05, 0) is 6.92 Å². The minimum absolute atomic E-state index is 0.0385. The van der Waals surface area contributed by atoms with E-state index in [4.69, 9.17) is 9.26 Å². The topological polar surface area (TPSA) is 60.2 Å². The SMILES string of the molecule is CCc1noc(C2NCCOC2C)n1. The number of morpholine rings is 1. The molecule has 0 bridgehead atoms. The Morgan fingerprint density at radius 3 is 3.07 bits per heavy atom. The Morgan fingerprint density at radius 2 is 2.43 bits per heavy atom. The first kappa shape index (κ1) is 9.61. The van der Waals surface area contributed by atoms with Crippen LogP contribution in [-0.4, -0.2) is 29.4 Å². The van der Waals surface area contributed by atoms with E-state index in [1.54, 1.807) is 0 Å². The smallest absolute Gasteiger partial charge is 0.246 e. The second kappa shape index (κ2) is 4.06. The molecule has 1 saturated heterocycles.